The molecule has 0 radical (unpaired) electrons. The van der Waals surface area contributed by atoms with E-state index >= 15 is 0 Å². The summed E-state index contributed by atoms with van der Waals surface area (Å²) in [6.45, 7) is 3.59. The standard InChI is InChI=1S/C15H23ClN2O3S/c1-12-5-7-18(8-6-12)22(20,21)15-4-2-3-13(9-15)17-11-14(19)10-16/h2-4,9,12,14,17,19H,5-8,10-11H2,1H3. The van der Waals surface area contributed by atoms with Crippen molar-refractivity contribution in [3.8, 4) is 0 Å². The van der Waals surface area contributed by atoms with Gasteiger partial charge in [-0.1, -0.05) is 13.0 Å². The molecule has 1 heterocycles. The van der Waals surface area contributed by atoms with Crippen LogP contribution < -0.4 is 5.32 Å². The molecule has 0 amide bonds. The lowest BCUT2D eigenvalue weighted by molar-refractivity contribution is 0.211. The summed E-state index contributed by atoms with van der Waals surface area (Å²) in [6, 6.07) is 6.69. The minimum absolute atomic E-state index is 0.136. The molecule has 1 fully saturated rings. The molecule has 22 heavy (non-hydrogen) atoms. The van der Waals surface area contributed by atoms with Gasteiger partial charge in [0.1, 0.15) is 0 Å². The molecule has 7 heteroatoms. The number of halogens is 1. The van der Waals surface area contributed by atoms with Crippen LogP contribution in [0.25, 0.3) is 0 Å². The first-order valence-corrected chi connectivity index (χ1v) is 9.49. The number of rotatable bonds is 6. The Morgan fingerprint density at radius 1 is 1.41 bits per heavy atom. The molecule has 0 aliphatic carbocycles. The summed E-state index contributed by atoms with van der Waals surface area (Å²) in [5.74, 6) is 0.716. The molecule has 1 unspecified atom stereocenters. The molecular formula is C15H23ClN2O3S. The Morgan fingerprint density at radius 3 is 2.73 bits per heavy atom. The summed E-state index contributed by atoms with van der Waals surface area (Å²) >= 11 is 5.54. The van der Waals surface area contributed by atoms with Gasteiger partial charge >= 0.3 is 0 Å². The quantitative estimate of drug-likeness (QED) is 0.774. The Balaban J connectivity index is 2.10. The summed E-state index contributed by atoms with van der Waals surface area (Å²) in [7, 11) is -3.45. The minimum Gasteiger partial charge on any atom is -0.390 e. The van der Waals surface area contributed by atoms with Gasteiger partial charge in [0.15, 0.2) is 0 Å². The van der Waals surface area contributed by atoms with Crippen LogP contribution in [0, 0.1) is 5.92 Å². The van der Waals surface area contributed by atoms with Crippen molar-refractivity contribution in [1.29, 1.82) is 0 Å². The van der Waals surface area contributed by atoms with Crippen molar-refractivity contribution in [3.63, 3.8) is 0 Å². The highest BCUT2D eigenvalue weighted by molar-refractivity contribution is 7.89. The number of nitrogens with one attached hydrogen (secondary N) is 1. The zero-order chi connectivity index (χ0) is 16.2. The molecule has 1 aromatic carbocycles. The van der Waals surface area contributed by atoms with Crippen LogP contribution in [0.4, 0.5) is 5.69 Å². The first kappa shape index (κ1) is 17.5. The average Bonchev–Trinajstić information content (AvgIpc) is 2.53. The van der Waals surface area contributed by atoms with Crippen LogP contribution in [0.3, 0.4) is 0 Å². The number of piperidine rings is 1. The van der Waals surface area contributed by atoms with Gasteiger partial charge in [-0.15, -0.1) is 11.6 Å². The summed E-state index contributed by atoms with van der Waals surface area (Å²) in [5, 5.41) is 12.5. The average molecular weight is 347 g/mol. The summed E-state index contributed by atoms with van der Waals surface area (Å²) in [4.78, 5) is 0.285. The summed E-state index contributed by atoms with van der Waals surface area (Å²) in [6.07, 6.45) is 1.14. The summed E-state index contributed by atoms with van der Waals surface area (Å²) < 4.78 is 26.9. The number of sulfonamides is 1. The van der Waals surface area contributed by atoms with Crippen molar-refractivity contribution in [1.82, 2.24) is 4.31 Å². The largest absolute Gasteiger partial charge is 0.390 e. The van der Waals surface area contributed by atoms with E-state index in [1.165, 1.54) is 0 Å². The second-order valence-electron chi connectivity index (χ2n) is 5.80. The molecule has 1 atom stereocenters. The van der Waals surface area contributed by atoms with Gasteiger partial charge in [0, 0.05) is 25.3 Å². The Kier molecular flexibility index (Phi) is 6.09. The first-order valence-electron chi connectivity index (χ1n) is 7.51. The van der Waals surface area contributed by atoms with Crippen molar-refractivity contribution in [3.05, 3.63) is 24.3 Å². The fourth-order valence-electron chi connectivity index (χ4n) is 2.43. The van der Waals surface area contributed by atoms with Gasteiger partial charge < -0.3 is 10.4 Å². The maximum atomic E-state index is 12.7. The van der Waals surface area contributed by atoms with Crippen LogP contribution in [0.5, 0.6) is 0 Å². The zero-order valence-electron chi connectivity index (χ0n) is 12.7. The normalized spacial score (nSPS) is 19.0. The number of nitrogens with zero attached hydrogens (tertiary/aromatic N) is 1. The molecule has 5 nitrogen and oxygen atoms in total. The molecule has 2 rings (SSSR count). The third-order valence-electron chi connectivity index (χ3n) is 3.93. The van der Waals surface area contributed by atoms with E-state index in [4.69, 9.17) is 11.6 Å². The van der Waals surface area contributed by atoms with Crippen LogP contribution in [0.15, 0.2) is 29.2 Å². The third-order valence-corrected chi connectivity index (χ3v) is 6.19. The lowest BCUT2D eigenvalue weighted by atomic mass is 10.0. The van der Waals surface area contributed by atoms with Crippen molar-refractivity contribution in [2.24, 2.45) is 5.92 Å². The van der Waals surface area contributed by atoms with Gasteiger partial charge in [0.2, 0.25) is 10.0 Å². The molecule has 0 saturated carbocycles. The molecular weight excluding hydrogens is 324 g/mol. The van der Waals surface area contributed by atoms with Gasteiger partial charge in [-0.3, -0.25) is 0 Å². The maximum Gasteiger partial charge on any atom is 0.243 e. The van der Waals surface area contributed by atoms with E-state index < -0.39 is 16.1 Å². The zero-order valence-corrected chi connectivity index (χ0v) is 14.3. The fourth-order valence-corrected chi connectivity index (χ4v) is 4.06. The Hall–Kier alpha value is -0.820. The number of aliphatic hydroxyl groups excluding tert-OH is 1. The lowest BCUT2D eigenvalue weighted by Gasteiger charge is -2.29. The number of benzene rings is 1. The third kappa shape index (κ3) is 4.35. The number of aliphatic hydroxyl groups is 1. The molecule has 1 aliphatic heterocycles. The summed E-state index contributed by atoms with van der Waals surface area (Å²) in [5.41, 5.74) is 0.663. The second kappa shape index (κ2) is 7.64. The SMILES string of the molecule is CC1CCN(S(=O)(=O)c2cccc(NCC(O)CCl)c2)CC1. The Morgan fingerprint density at radius 2 is 2.09 bits per heavy atom. The van der Waals surface area contributed by atoms with E-state index in [-0.39, 0.29) is 17.3 Å². The van der Waals surface area contributed by atoms with Crippen molar-refractivity contribution >= 4 is 27.3 Å². The van der Waals surface area contributed by atoms with Crippen molar-refractivity contribution in [2.75, 3.05) is 30.8 Å². The topological polar surface area (TPSA) is 69.6 Å². The van der Waals surface area contributed by atoms with E-state index in [0.29, 0.717) is 24.7 Å². The molecule has 1 aromatic rings. The number of anilines is 1. The highest BCUT2D eigenvalue weighted by Crippen LogP contribution is 2.24. The highest BCUT2D eigenvalue weighted by atomic mass is 35.5. The molecule has 0 spiro atoms. The van der Waals surface area contributed by atoms with Crippen LogP contribution >= 0.6 is 11.6 Å². The molecule has 1 aliphatic rings. The molecule has 1 saturated heterocycles. The van der Waals surface area contributed by atoms with E-state index in [9.17, 15) is 13.5 Å². The van der Waals surface area contributed by atoms with Crippen molar-refractivity contribution < 1.29 is 13.5 Å². The Labute approximate surface area is 137 Å². The predicted octanol–water partition coefficient (Wildman–Crippen LogP) is 2.12. The highest BCUT2D eigenvalue weighted by Gasteiger charge is 2.28. The number of hydrogen-bond donors (Lipinski definition) is 2. The Bertz CT molecular complexity index is 586. The predicted molar refractivity (Wildman–Crippen MR) is 88.8 cm³/mol. The number of alkyl halides is 1. The molecule has 0 aromatic heterocycles. The minimum atomic E-state index is -3.45. The van der Waals surface area contributed by atoms with Crippen LogP contribution in [0.2, 0.25) is 0 Å². The van der Waals surface area contributed by atoms with E-state index in [2.05, 4.69) is 12.2 Å². The molecule has 124 valence electrons. The van der Waals surface area contributed by atoms with Gasteiger partial charge in [-0.2, -0.15) is 4.31 Å². The monoisotopic (exact) mass is 346 g/mol. The van der Waals surface area contributed by atoms with Gasteiger partial charge in [0.05, 0.1) is 16.9 Å². The van der Waals surface area contributed by atoms with E-state index in [1.807, 2.05) is 0 Å². The van der Waals surface area contributed by atoms with E-state index in [0.717, 1.165) is 12.8 Å². The number of hydrogen-bond acceptors (Lipinski definition) is 4. The smallest absolute Gasteiger partial charge is 0.243 e. The first-order chi connectivity index (χ1) is 10.4. The molecule has 0 bridgehead atoms. The van der Waals surface area contributed by atoms with Crippen molar-refractivity contribution in [2.45, 2.75) is 30.8 Å². The van der Waals surface area contributed by atoms with E-state index in [1.54, 1.807) is 28.6 Å². The van der Waals surface area contributed by atoms with Gasteiger partial charge in [-0.05, 0) is 37.0 Å². The maximum absolute atomic E-state index is 12.7. The van der Waals surface area contributed by atoms with Crippen LogP contribution in [-0.2, 0) is 10.0 Å². The van der Waals surface area contributed by atoms with Gasteiger partial charge in [-0.25, -0.2) is 8.42 Å². The van der Waals surface area contributed by atoms with Crippen LogP contribution in [-0.4, -0.2) is 49.4 Å². The lowest BCUT2D eigenvalue weighted by Crippen LogP contribution is -2.37. The fraction of sp³-hybridized carbons (Fsp3) is 0.600. The molecule has 2 N–H and O–H groups in total. The van der Waals surface area contributed by atoms with Crippen LogP contribution in [0.1, 0.15) is 19.8 Å². The van der Waals surface area contributed by atoms with Gasteiger partial charge in [0.25, 0.3) is 0 Å². The second-order valence-corrected chi connectivity index (χ2v) is 8.05.